The summed E-state index contributed by atoms with van der Waals surface area (Å²) in [4.78, 5) is 0. The van der Waals surface area contributed by atoms with Crippen molar-refractivity contribution >= 4 is 0 Å². The van der Waals surface area contributed by atoms with Crippen LogP contribution in [0.4, 0.5) is 0 Å². The highest BCUT2D eigenvalue weighted by molar-refractivity contribution is 5.62. The summed E-state index contributed by atoms with van der Waals surface area (Å²) in [6, 6.07) is 20.8. The standard InChI is InChI=1S/C12H10.N2/c1-3-7-11(8-4-1)12-9-5-2-6-10-12;1-2/h1-10H;/p+1. The summed E-state index contributed by atoms with van der Waals surface area (Å²) in [7, 11) is 0. The number of benzene rings is 2. The van der Waals surface area contributed by atoms with Crippen LogP contribution in [-0.4, -0.2) is 0 Å². The Bertz CT molecular complexity index is 341. The molecule has 0 aliphatic carbocycles. The van der Waals surface area contributed by atoms with E-state index in [1.54, 1.807) is 0 Å². The van der Waals surface area contributed by atoms with Crippen molar-refractivity contribution in [3.8, 4) is 11.1 Å². The number of nitrogens with zero attached hydrogens (tertiary/aromatic N) is 1. The van der Waals surface area contributed by atoms with Gasteiger partial charge in [0.1, 0.15) is 0 Å². The number of hydrogen-bond donors (Lipinski definition) is 1. The van der Waals surface area contributed by atoms with Crippen molar-refractivity contribution < 1.29 is 5.39 Å². The Morgan fingerprint density at radius 1 is 0.571 bits per heavy atom. The molecule has 2 heteroatoms. The average Bonchev–Trinajstić information content (AvgIpc) is 2.34. The van der Waals surface area contributed by atoms with Crippen LogP contribution in [0.2, 0.25) is 0 Å². The summed E-state index contributed by atoms with van der Waals surface area (Å²) >= 11 is 0. The molecule has 14 heavy (non-hydrogen) atoms. The van der Waals surface area contributed by atoms with Crippen LogP contribution in [0, 0.1) is 5.39 Å². The molecule has 0 atom stereocenters. The van der Waals surface area contributed by atoms with Crippen LogP contribution in [0.5, 0.6) is 0 Å². The third kappa shape index (κ3) is 2.43. The van der Waals surface area contributed by atoms with Gasteiger partial charge in [0, 0.05) is 0 Å². The van der Waals surface area contributed by atoms with E-state index in [1.807, 2.05) is 12.1 Å². The average molecular weight is 183 g/mol. The number of rotatable bonds is 1. The molecular weight excluding hydrogens is 172 g/mol. The largest absolute Gasteiger partial charge is 0.212 e. The highest BCUT2D eigenvalue weighted by atomic mass is 14.6. The zero-order valence-corrected chi connectivity index (χ0v) is 7.72. The second-order valence-electron chi connectivity index (χ2n) is 2.73. The molecule has 0 aliphatic heterocycles. The summed E-state index contributed by atoms with van der Waals surface area (Å²) in [5.74, 6) is 0. The van der Waals surface area contributed by atoms with E-state index in [1.165, 1.54) is 11.1 Å². The minimum absolute atomic E-state index is 1.28. The van der Waals surface area contributed by atoms with Gasteiger partial charge in [-0.25, -0.2) is 0 Å². The van der Waals surface area contributed by atoms with Crippen molar-refractivity contribution in [2.75, 3.05) is 0 Å². The lowest BCUT2D eigenvalue weighted by atomic mass is 10.1. The molecule has 0 unspecified atom stereocenters. The van der Waals surface area contributed by atoms with Crippen molar-refractivity contribution in [2.24, 2.45) is 0 Å². The van der Waals surface area contributed by atoms with Gasteiger partial charge in [0.15, 0.2) is 0 Å². The van der Waals surface area contributed by atoms with Crippen molar-refractivity contribution in [3.63, 3.8) is 0 Å². The minimum atomic E-state index is 1.28. The Morgan fingerprint density at radius 2 is 0.857 bits per heavy atom. The van der Waals surface area contributed by atoms with E-state index >= 15 is 0 Å². The maximum absolute atomic E-state index is 6.25. The van der Waals surface area contributed by atoms with Crippen molar-refractivity contribution in [3.05, 3.63) is 60.7 Å². The van der Waals surface area contributed by atoms with E-state index in [0.29, 0.717) is 0 Å². The lowest BCUT2D eigenvalue weighted by molar-refractivity contribution is -0.175. The molecule has 0 aromatic heterocycles. The molecule has 2 aromatic rings. The fourth-order valence-corrected chi connectivity index (χ4v) is 1.26. The van der Waals surface area contributed by atoms with E-state index in [9.17, 15) is 0 Å². The lowest BCUT2D eigenvalue weighted by Gasteiger charge is -1.98. The van der Waals surface area contributed by atoms with Gasteiger partial charge in [0.05, 0.1) is 5.39 Å². The first-order valence-electron chi connectivity index (χ1n) is 4.29. The Kier molecular flexibility index (Phi) is 3.90. The molecule has 0 aliphatic rings. The second-order valence-corrected chi connectivity index (χ2v) is 2.73. The predicted molar refractivity (Wildman–Crippen MR) is 54.6 cm³/mol. The third-order valence-electron chi connectivity index (χ3n) is 1.88. The van der Waals surface area contributed by atoms with Gasteiger partial charge in [0.25, 0.3) is 0 Å². The molecule has 0 amide bonds. The van der Waals surface area contributed by atoms with E-state index in [2.05, 4.69) is 48.5 Å². The Labute approximate surface area is 83.2 Å². The van der Waals surface area contributed by atoms with Gasteiger partial charge in [0.2, 0.25) is 5.39 Å². The molecule has 0 spiro atoms. The lowest BCUT2D eigenvalue weighted by Crippen LogP contribution is -2.11. The van der Waals surface area contributed by atoms with Crippen molar-refractivity contribution in [2.45, 2.75) is 0 Å². The fraction of sp³-hybridized carbons (Fsp3) is 0. The van der Waals surface area contributed by atoms with Gasteiger partial charge in [-0.1, -0.05) is 60.7 Å². The monoisotopic (exact) mass is 183 g/mol. The Hall–Kier alpha value is -2.14. The SMILES string of the molecule is N#[NH+].c1ccc(-c2ccccc2)cc1. The molecule has 0 fully saturated rings. The quantitative estimate of drug-likeness (QED) is 0.671. The summed E-state index contributed by atoms with van der Waals surface area (Å²) < 4.78 is 0. The predicted octanol–water partition coefficient (Wildman–Crippen LogP) is 1.63. The molecule has 0 bridgehead atoms. The molecule has 0 heterocycles. The smallest absolute Gasteiger partial charge is 0.0622 e. The maximum atomic E-state index is 6.25. The van der Waals surface area contributed by atoms with Crippen LogP contribution >= 0.6 is 0 Å². The molecule has 0 saturated heterocycles. The Morgan fingerprint density at radius 3 is 1.14 bits per heavy atom. The zero-order chi connectivity index (χ0) is 10.2. The zero-order valence-electron chi connectivity index (χ0n) is 7.72. The second kappa shape index (κ2) is 5.50. The molecule has 0 saturated carbocycles. The van der Waals surface area contributed by atoms with E-state index in [0.717, 1.165) is 0 Å². The van der Waals surface area contributed by atoms with Crippen LogP contribution in [0.1, 0.15) is 0 Å². The topological polar surface area (TPSA) is 47.6 Å². The third-order valence-corrected chi connectivity index (χ3v) is 1.88. The first-order chi connectivity index (χ1) is 6.97. The number of hydrogen-bond acceptors (Lipinski definition) is 1. The molecule has 2 rings (SSSR count). The van der Waals surface area contributed by atoms with Crippen molar-refractivity contribution in [1.29, 1.82) is 5.39 Å². The van der Waals surface area contributed by atoms with Gasteiger partial charge in [-0.2, -0.15) is 0 Å². The van der Waals surface area contributed by atoms with Gasteiger partial charge >= 0.3 is 0 Å². The van der Waals surface area contributed by atoms with Gasteiger partial charge in [-0.15, -0.1) is 0 Å². The molecule has 2 nitrogen and oxygen atoms in total. The summed E-state index contributed by atoms with van der Waals surface area (Å²) in [5.41, 5.74) is 2.55. The molecular formula is C12H11N2+. The molecule has 1 N–H and O–H groups in total. The number of nitrogens with one attached hydrogen (secondary N) is 1. The van der Waals surface area contributed by atoms with Crippen LogP contribution in [0.3, 0.4) is 0 Å². The molecule has 0 radical (unpaired) electrons. The van der Waals surface area contributed by atoms with Gasteiger partial charge in [-0.05, 0) is 11.1 Å². The van der Waals surface area contributed by atoms with Crippen LogP contribution < -0.4 is 5.39 Å². The first kappa shape index (κ1) is 9.94. The van der Waals surface area contributed by atoms with Gasteiger partial charge < -0.3 is 0 Å². The van der Waals surface area contributed by atoms with Crippen LogP contribution in [0.25, 0.3) is 11.1 Å². The van der Waals surface area contributed by atoms with Crippen molar-refractivity contribution in [1.82, 2.24) is 0 Å². The molecule has 68 valence electrons. The Balaban J connectivity index is 0.000000461. The summed E-state index contributed by atoms with van der Waals surface area (Å²) in [6.45, 7) is 0. The summed E-state index contributed by atoms with van der Waals surface area (Å²) in [6.07, 6.45) is 0. The maximum Gasteiger partial charge on any atom is 0.212 e. The highest BCUT2D eigenvalue weighted by Gasteiger charge is 1.91. The van der Waals surface area contributed by atoms with Crippen LogP contribution in [-0.2, 0) is 0 Å². The summed E-state index contributed by atoms with van der Waals surface area (Å²) in [5, 5.41) is 11.0. The van der Waals surface area contributed by atoms with Gasteiger partial charge in [-0.3, -0.25) is 0 Å². The normalized spacial score (nSPS) is 8.43. The van der Waals surface area contributed by atoms with E-state index < -0.39 is 0 Å². The minimum Gasteiger partial charge on any atom is -0.0622 e. The van der Waals surface area contributed by atoms with E-state index in [4.69, 9.17) is 10.8 Å². The number of diazo groups is 1. The van der Waals surface area contributed by atoms with Crippen LogP contribution in [0.15, 0.2) is 60.7 Å². The highest BCUT2D eigenvalue weighted by Crippen LogP contribution is 2.17. The van der Waals surface area contributed by atoms with E-state index in [-0.39, 0.29) is 0 Å². The molecule has 2 aromatic carbocycles. The fourth-order valence-electron chi connectivity index (χ4n) is 1.26. The first-order valence-corrected chi connectivity index (χ1v) is 4.29.